The Balaban J connectivity index is 1.90. The summed E-state index contributed by atoms with van der Waals surface area (Å²) in [4.78, 5) is 41.0. The van der Waals surface area contributed by atoms with Gasteiger partial charge in [0.2, 0.25) is 0 Å². The van der Waals surface area contributed by atoms with E-state index in [1.165, 1.54) is 12.0 Å². The third-order valence-corrected chi connectivity index (χ3v) is 7.06. The number of hydrogen-bond acceptors (Lipinski definition) is 8. The zero-order valence-electron chi connectivity index (χ0n) is 20.4. The van der Waals surface area contributed by atoms with Crippen LogP contribution in [-0.2, 0) is 4.79 Å². The average molecular weight is 512 g/mol. The predicted molar refractivity (Wildman–Crippen MR) is 136 cm³/mol. The van der Waals surface area contributed by atoms with Crippen LogP contribution >= 0.6 is 11.5 Å². The summed E-state index contributed by atoms with van der Waals surface area (Å²) in [5.74, 6) is -0.652. The number of furan rings is 1. The third-order valence-electron chi connectivity index (χ3n) is 6.21. The normalized spacial score (nSPS) is 14.4. The molecule has 0 saturated heterocycles. The maximum absolute atomic E-state index is 14.1. The summed E-state index contributed by atoms with van der Waals surface area (Å²) in [7, 11) is 1.48. The highest BCUT2D eigenvalue weighted by atomic mass is 32.1. The van der Waals surface area contributed by atoms with E-state index in [0.717, 1.165) is 42.8 Å². The van der Waals surface area contributed by atoms with Gasteiger partial charge in [-0.3, -0.25) is 19.3 Å². The number of primary amides is 1. The Kier molecular flexibility index (Phi) is 7.30. The lowest BCUT2D eigenvalue weighted by atomic mass is 10.1. The largest absolute Gasteiger partial charge is 0.495 e. The number of hydrogen-bond donors (Lipinski definition) is 3. The van der Waals surface area contributed by atoms with Crippen molar-refractivity contribution in [3.05, 3.63) is 58.0 Å². The number of nitrogen functional groups attached to an aromatic ring is 1. The summed E-state index contributed by atoms with van der Waals surface area (Å²) < 4.78 is 15.4. The summed E-state index contributed by atoms with van der Waals surface area (Å²) in [6, 6.07) is 7.52. The molecule has 0 spiro atoms. The lowest BCUT2D eigenvalue weighted by molar-refractivity contribution is -0.123. The molecule has 5 N–H and O–H groups in total. The first-order valence-corrected chi connectivity index (χ1v) is 12.4. The number of anilines is 2. The number of aryl methyl sites for hydroxylation is 2. The van der Waals surface area contributed by atoms with Crippen LogP contribution in [-0.4, -0.2) is 35.2 Å². The van der Waals surface area contributed by atoms with E-state index in [0.29, 0.717) is 17.2 Å². The number of nitrogens with two attached hydrogens (primary N) is 2. The van der Waals surface area contributed by atoms with Gasteiger partial charge in [-0.15, -0.1) is 0 Å². The Morgan fingerprint density at radius 3 is 2.50 bits per heavy atom. The molecule has 1 saturated carbocycles. The number of aromatic nitrogens is 1. The molecular weight excluding hydrogens is 482 g/mol. The number of ether oxygens (including phenoxy) is 1. The van der Waals surface area contributed by atoms with Crippen molar-refractivity contribution >= 4 is 40.6 Å². The first-order valence-electron chi connectivity index (χ1n) is 11.6. The molecule has 3 aromatic rings. The number of amides is 3. The summed E-state index contributed by atoms with van der Waals surface area (Å²) in [5, 5.41) is 3.08. The minimum absolute atomic E-state index is 0.00218. The SMILES string of the molecule is COc1ccc(C)cc1N(C(=O)c1snc(C(N)=O)c1N)[C@H](C(=O)NC1CCCC1)c1ccc(C)o1. The van der Waals surface area contributed by atoms with Gasteiger partial charge in [0.1, 0.15) is 22.1 Å². The first kappa shape index (κ1) is 25.2. The second-order valence-electron chi connectivity index (χ2n) is 8.83. The van der Waals surface area contributed by atoms with Gasteiger partial charge in [-0.25, -0.2) is 0 Å². The molecule has 0 radical (unpaired) electrons. The van der Waals surface area contributed by atoms with Crippen LogP contribution < -0.4 is 26.4 Å². The maximum Gasteiger partial charge on any atom is 0.273 e. The van der Waals surface area contributed by atoms with Gasteiger partial charge in [-0.1, -0.05) is 18.9 Å². The van der Waals surface area contributed by atoms with Gasteiger partial charge in [0.25, 0.3) is 17.7 Å². The van der Waals surface area contributed by atoms with Gasteiger partial charge in [0.15, 0.2) is 11.7 Å². The quantitative estimate of drug-likeness (QED) is 0.418. The van der Waals surface area contributed by atoms with Crippen LogP contribution in [0.1, 0.15) is 69.0 Å². The monoisotopic (exact) mass is 511 g/mol. The molecule has 0 aliphatic heterocycles. The van der Waals surface area contributed by atoms with Crippen LogP contribution in [0.4, 0.5) is 11.4 Å². The molecule has 1 fully saturated rings. The lowest BCUT2D eigenvalue weighted by Crippen LogP contribution is -2.46. The Bertz CT molecular complexity index is 1290. The molecule has 1 atom stereocenters. The van der Waals surface area contributed by atoms with Crippen molar-refractivity contribution in [3.8, 4) is 5.75 Å². The molecule has 1 aliphatic rings. The van der Waals surface area contributed by atoms with Gasteiger partial charge >= 0.3 is 0 Å². The van der Waals surface area contributed by atoms with Crippen molar-refractivity contribution < 1.29 is 23.5 Å². The molecule has 2 heterocycles. The molecule has 190 valence electrons. The van der Waals surface area contributed by atoms with Crippen molar-refractivity contribution in [2.75, 3.05) is 17.7 Å². The fraction of sp³-hybridized carbons (Fsp3) is 0.360. The van der Waals surface area contributed by atoms with Crippen LogP contribution in [0.3, 0.4) is 0 Å². The Morgan fingerprint density at radius 1 is 1.19 bits per heavy atom. The summed E-state index contributed by atoms with van der Waals surface area (Å²) in [5.41, 5.74) is 12.3. The minimum Gasteiger partial charge on any atom is -0.495 e. The first-order chi connectivity index (χ1) is 17.2. The molecule has 1 aromatic carbocycles. The number of nitrogens with zero attached hydrogens (tertiary/aromatic N) is 2. The Labute approximate surface area is 212 Å². The van der Waals surface area contributed by atoms with Crippen LogP contribution in [0.25, 0.3) is 0 Å². The molecule has 3 amide bonds. The van der Waals surface area contributed by atoms with Crippen molar-refractivity contribution in [1.29, 1.82) is 0 Å². The highest BCUT2D eigenvalue weighted by Gasteiger charge is 2.40. The second kappa shape index (κ2) is 10.4. The van der Waals surface area contributed by atoms with E-state index in [1.54, 1.807) is 31.2 Å². The molecule has 10 nitrogen and oxygen atoms in total. The molecule has 0 bridgehead atoms. The fourth-order valence-corrected chi connectivity index (χ4v) is 5.16. The average Bonchev–Trinajstić information content (AvgIpc) is 3.58. The predicted octanol–water partition coefficient (Wildman–Crippen LogP) is 3.49. The summed E-state index contributed by atoms with van der Waals surface area (Å²) in [6.45, 7) is 3.62. The van der Waals surface area contributed by atoms with E-state index in [4.69, 9.17) is 20.6 Å². The zero-order valence-corrected chi connectivity index (χ0v) is 21.2. The number of carbonyl (C=O) groups is 3. The van der Waals surface area contributed by atoms with Crippen molar-refractivity contribution in [2.24, 2.45) is 5.73 Å². The highest BCUT2D eigenvalue weighted by Crippen LogP contribution is 2.39. The number of methoxy groups -OCH3 is 1. The van der Waals surface area contributed by atoms with Crippen LogP contribution in [0, 0.1) is 13.8 Å². The molecule has 4 rings (SSSR count). The van der Waals surface area contributed by atoms with Gasteiger partial charge in [0, 0.05) is 6.04 Å². The fourth-order valence-electron chi connectivity index (χ4n) is 4.42. The van der Waals surface area contributed by atoms with Crippen molar-refractivity contribution in [3.63, 3.8) is 0 Å². The number of rotatable bonds is 8. The molecule has 11 heteroatoms. The van der Waals surface area contributed by atoms with E-state index >= 15 is 0 Å². The molecule has 0 unspecified atom stereocenters. The topological polar surface area (TPSA) is 154 Å². The van der Waals surface area contributed by atoms with E-state index in [-0.39, 0.29) is 28.1 Å². The standard InChI is InChI=1S/C25H29N5O5S/c1-13-8-10-17(34-3)16(12-13)30(25(33)22-19(26)20(23(27)31)29-36-22)21(18-11-9-14(2)35-18)24(32)28-15-6-4-5-7-15/h8-12,15,21H,4-7,26H2,1-3H3,(H2,27,31)(H,28,32)/t21-/m0/s1. The third kappa shape index (κ3) is 4.92. The second-order valence-corrected chi connectivity index (χ2v) is 9.60. The minimum atomic E-state index is -1.18. The Morgan fingerprint density at radius 2 is 1.92 bits per heavy atom. The zero-order chi connectivity index (χ0) is 26.0. The number of nitrogens with one attached hydrogen (secondary N) is 1. The van der Waals surface area contributed by atoms with Gasteiger partial charge in [-0.05, 0) is 68.1 Å². The van der Waals surface area contributed by atoms with Crippen molar-refractivity contribution in [2.45, 2.75) is 51.6 Å². The molecular formula is C25H29N5O5S. The van der Waals surface area contributed by atoms with Crippen LogP contribution in [0.5, 0.6) is 5.75 Å². The van der Waals surface area contributed by atoms with E-state index in [2.05, 4.69) is 9.69 Å². The van der Waals surface area contributed by atoms with Crippen molar-refractivity contribution in [1.82, 2.24) is 9.69 Å². The molecule has 2 aromatic heterocycles. The van der Waals surface area contributed by atoms with E-state index in [9.17, 15) is 14.4 Å². The number of benzene rings is 1. The van der Waals surface area contributed by atoms with Crippen LogP contribution in [0.15, 0.2) is 34.7 Å². The van der Waals surface area contributed by atoms with Gasteiger partial charge in [-0.2, -0.15) is 4.37 Å². The summed E-state index contributed by atoms with van der Waals surface area (Å²) in [6.07, 6.45) is 3.77. The molecule has 36 heavy (non-hydrogen) atoms. The number of carbonyl (C=O) groups excluding carboxylic acids is 3. The van der Waals surface area contributed by atoms with Gasteiger partial charge in [0.05, 0.1) is 18.5 Å². The maximum atomic E-state index is 14.1. The highest BCUT2D eigenvalue weighted by molar-refractivity contribution is 7.09. The Hall–Kier alpha value is -3.86. The molecule has 1 aliphatic carbocycles. The lowest BCUT2D eigenvalue weighted by Gasteiger charge is -2.31. The van der Waals surface area contributed by atoms with E-state index < -0.39 is 23.8 Å². The smallest absolute Gasteiger partial charge is 0.273 e. The van der Waals surface area contributed by atoms with Crippen LogP contribution in [0.2, 0.25) is 0 Å². The van der Waals surface area contributed by atoms with E-state index in [1.807, 2.05) is 13.0 Å². The van der Waals surface area contributed by atoms with Gasteiger partial charge < -0.3 is 25.9 Å². The summed E-state index contributed by atoms with van der Waals surface area (Å²) >= 11 is 0.746.